The van der Waals surface area contributed by atoms with Gasteiger partial charge < -0.3 is 14.6 Å². The van der Waals surface area contributed by atoms with Crippen LogP contribution in [-0.4, -0.2) is 27.5 Å². The maximum Gasteiger partial charge on any atom is 0.416 e. The summed E-state index contributed by atoms with van der Waals surface area (Å²) in [5.74, 6) is -1.17. The molecule has 10 heteroatoms. The summed E-state index contributed by atoms with van der Waals surface area (Å²) in [6.45, 7) is 3.06. The van der Waals surface area contributed by atoms with Crippen molar-refractivity contribution >= 4 is 21.7 Å². The van der Waals surface area contributed by atoms with Gasteiger partial charge in [0.15, 0.2) is 0 Å². The number of ether oxygens (including phenoxy) is 1. The van der Waals surface area contributed by atoms with Crippen LogP contribution in [0.1, 0.15) is 30.9 Å². The summed E-state index contributed by atoms with van der Waals surface area (Å²) in [5.41, 5.74) is 1.13. The molecular formula is C26H25F3NO5S-. The monoisotopic (exact) mass is 520 g/mol. The fourth-order valence-corrected chi connectivity index (χ4v) is 5.17. The van der Waals surface area contributed by atoms with Crippen molar-refractivity contribution in [1.82, 2.24) is 0 Å². The first-order valence-corrected chi connectivity index (χ1v) is 12.6. The Kier molecular flexibility index (Phi) is 8.29. The van der Waals surface area contributed by atoms with Gasteiger partial charge in [-0.05, 0) is 72.5 Å². The fraction of sp³-hybridized carbons (Fsp3) is 0.269. The summed E-state index contributed by atoms with van der Waals surface area (Å²) >= 11 is 0. The van der Waals surface area contributed by atoms with Crippen molar-refractivity contribution in [2.75, 3.05) is 17.5 Å². The largest absolute Gasteiger partial charge is 0.546 e. The molecule has 0 saturated heterocycles. The summed E-state index contributed by atoms with van der Waals surface area (Å²) in [7, 11) is -4.02. The highest BCUT2D eigenvalue weighted by molar-refractivity contribution is 7.92. The van der Waals surface area contributed by atoms with Crippen LogP contribution in [0.4, 0.5) is 18.9 Å². The first-order valence-electron chi connectivity index (χ1n) is 11.2. The number of carbonyl (C=O) groups excluding carboxylic acids is 1. The Bertz CT molecular complexity index is 1320. The summed E-state index contributed by atoms with van der Waals surface area (Å²) < 4.78 is 72.4. The lowest BCUT2D eigenvalue weighted by Gasteiger charge is -2.25. The molecule has 0 heterocycles. The summed E-state index contributed by atoms with van der Waals surface area (Å²) in [4.78, 5) is 10.7. The van der Waals surface area contributed by atoms with E-state index in [0.29, 0.717) is 28.8 Å². The van der Waals surface area contributed by atoms with Gasteiger partial charge in [0.05, 0.1) is 22.1 Å². The first kappa shape index (κ1) is 27.1. The van der Waals surface area contributed by atoms with Crippen LogP contribution in [0.25, 0.3) is 11.1 Å². The maximum absolute atomic E-state index is 13.6. The normalized spacial score (nSPS) is 11.8. The number of unbranched alkanes of at least 4 members (excludes halogenated alkanes) is 1. The number of hydrogen-bond donors (Lipinski definition) is 0. The topological polar surface area (TPSA) is 86.7 Å². The highest BCUT2D eigenvalue weighted by Crippen LogP contribution is 2.33. The standard InChI is InChI=1S/C26H26F3NO5S/c1-3-4-14-30(36(33,34)23-12-13-24(18(2)15-23)35-17-25(31)32)22-7-5-6-20(16-22)19-8-10-21(11-9-19)26(27,28)29/h5-13,15-16H,3-4,14,17H2,1-2H3,(H,31,32)/p-1. The Morgan fingerprint density at radius 3 is 2.28 bits per heavy atom. The zero-order valence-corrected chi connectivity index (χ0v) is 20.5. The molecule has 192 valence electrons. The number of rotatable bonds is 10. The van der Waals surface area contributed by atoms with Crippen molar-refractivity contribution in [3.63, 3.8) is 0 Å². The van der Waals surface area contributed by atoms with Crippen molar-refractivity contribution in [3.05, 3.63) is 77.9 Å². The summed E-state index contributed by atoms with van der Waals surface area (Å²) in [5, 5.41) is 10.7. The Morgan fingerprint density at radius 1 is 1.00 bits per heavy atom. The number of carbonyl (C=O) groups is 1. The van der Waals surface area contributed by atoms with Gasteiger partial charge in [0.25, 0.3) is 10.0 Å². The smallest absolute Gasteiger partial charge is 0.416 e. The minimum atomic E-state index is -4.45. The molecule has 0 fully saturated rings. The molecular weight excluding hydrogens is 495 g/mol. The zero-order chi connectivity index (χ0) is 26.5. The van der Waals surface area contributed by atoms with Crippen molar-refractivity contribution in [2.45, 2.75) is 37.8 Å². The van der Waals surface area contributed by atoms with Crippen LogP contribution in [-0.2, 0) is 21.0 Å². The second-order valence-corrected chi connectivity index (χ2v) is 10.0. The molecule has 6 nitrogen and oxygen atoms in total. The van der Waals surface area contributed by atoms with Crippen molar-refractivity contribution in [2.24, 2.45) is 0 Å². The van der Waals surface area contributed by atoms with E-state index >= 15 is 0 Å². The van der Waals surface area contributed by atoms with Crippen LogP contribution >= 0.6 is 0 Å². The van der Waals surface area contributed by atoms with Crippen LogP contribution in [0, 0.1) is 6.92 Å². The lowest BCUT2D eigenvalue weighted by molar-refractivity contribution is -0.307. The van der Waals surface area contributed by atoms with E-state index in [0.717, 1.165) is 18.6 Å². The van der Waals surface area contributed by atoms with Crippen molar-refractivity contribution < 1.29 is 36.2 Å². The van der Waals surface area contributed by atoms with E-state index in [1.54, 1.807) is 31.2 Å². The quantitative estimate of drug-likeness (QED) is 0.383. The first-order chi connectivity index (χ1) is 16.9. The predicted molar refractivity (Wildman–Crippen MR) is 128 cm³/mol. The Labute approximate surface area is 208 Å². The van der Waals surface area contributed by atoms with E-state index in [-0.39, 0.29) is 17.2 Å². The molecule has 0 N–H and O–H groups in total. The van der Waals surface area contributed by atoms with Crippen LogP contribution in [0.5, 0.6) is 5.75 Å². The van der Waals surface area contributed by atoms with Crippen molar-refractivity contribution in [3.8, 4) is 16.9 Å². The summed E-state index contributed by atoms with van der Waals surface area (Å²) in [6, 6.07) is 15.4. The van der Waals surface area contributed by atoms with Gasteiger partial charge in [-0.1, -0.05) is 37.6 Å². The van der Waals surface area contributed by atoms with Crippen LogP contribution in [0.2, 0.25) is 0 Å². The van der Waals surface area contributed by atoms with E-state index in [2.05, 4.69) is 0 Å². The van der Waals surface area contributed by atoms with Gasteiger partial charge in [-0.25, -0.2) is 8.42 Å². The second kappa shape index (κ2) is 11.0. The molecule has 3 aromatic carbocycles. The van der Waals surface area contributed by atoms with Gasteiger partial charge in [-0.2, -0.15) is 13.2 Å². The number of sulfonamides is 1. The number of carboxylic acids is 1. The molecule has 0 amide bonds. The zero-order valence-electron chi connectivity index (χ0n) is 19.7. The number of carboxylic acid groups (broad SMARTS) is 1. The van der Waals surface area contributed by atoms with Crippen molar-refractivity contribution in [1.29, 1.82) is 0 Å². The average molecular weight is 521 g/mol. The van der Waals surface area contributed by atoms with E-state index < -0.39 is 34.3 Å². The highest BCUT2D eigenvalue weighted by Gasteiger charge is 2.30. The van der Waals surface area contributed by atoms with E-state index in [1.807, 2.05) is 6.92 Å². The molecule has 0 aliphatic heterocycles. The molecule has 0 saturated carbocycles. The van der Waals surface area contributed by atoms with Crippen LogP contribution in [0.15, 0.2) is 71.6 Å². The molecule has 0 bridgehead atoms. The fourth-order valence-electron chi connectivity index (χ4n) is 3.59. The Balaban J connectivity index is 1.97. The SMILES string of the molecule is CCCCN(c1cccc(-c2ccc(C(F)(F)F)cc2)c1)S(=O)(=O)c1ccc(OCC(=O)[O-])c(C)c1. The van der Waals surface area contributed by atoms with Crippen LogP contribution in [0.3, 0.4) is 0 Å². The number of aryl methyl sites for hydroxylation is 1. The predicted octanol–water partition coefficient (Wildman–Crippen LogP) is 4.80. The minimum absolute atomic E-state index is 0.00293. The number of hydrogen-bond acceptors (Lipinski definition) is 5. The lowest BCUT2D eigenvalue weighted by atomic mass is 10.0. The second-order valence-electron chi connectivity index (χ2n) is 8.14. The maximum atomic E-state index is 13.6. The van der Waals surface area contributed by atoms with Gasteiger partial charge in [-0.3, -0.25) is 4.31 Å². The van der Waals surface area contributed by atoms with Gasteiger partial charge in [-0.15, -0.1) is 0 Å². The van der Waals surface area contributed by atoms with Crippen LogP contribution < -0.4 is 14.1 Å². The average Bonchev–Trinajstić information content (AvgIpc) is 2.83. The Morgan fingerprint density at radius 2 is 1.69 bits per heavy atom. The van der Waals surface area contributed by atoms with E-state index in [4.69, 9.17) is 4.74 Å². The number of aliphatic carboxylic acids is 1. The number of anilines is 1. The molecule has 0 aliphatic carbocycles. The molecule has 0 aliphatic rings. The lowest BCUT2D eigenvalue weighted by Crippen LogP contribution is -2.32. The van der Waals surface area contributed by atoms with Gasteiger partial charge in [0.1, 0.15) is 12.4 Å². The number of alkyl halides is 3. The molecule has 0 aromatic heterocycles. The third-order valence-electron chi connectivity index (χ3n) is 5.47. The Hall–Kier alpha value is -3.53. The van der Waals surface area contributed by atoms with Gasteiger partial charge in [0, 0.05) is 6.54 Å². The third-order valence-corrected chi connectivity index (χ3v) is 7.30. The minimum Gasteiger partial charge on any atom is -0.546 e. The third kappa shape index (κ3) is 6.37. The highest BCUT2D eigenvalue weighted by atomic mass is 32.2. The number of benzene rings is 3. The van der Waals surface area contributed by atoms with Gasteiger partial charge in [0.2, 0.25) is 0 Å². The van der Waals surface area contributed by atoms with E-state index in [9.17, 15) is 31.5 Å². The summed E-state index contributed by atoms with van der Waals surface area (Å²) in [6.07, 6.45) is -3.14. The molecule has 0 atom stereocenters. The molecule has 0 unspecified atom stereocenters. The molecule has 0 radical (unpaired) electrons. The molecule has 0 spiro atoms. The van der Waals surface area contributed by atoms with E-state index in [1.165, 1.54) is 34.6 Å². The molecule has 36 heavy (non-hydrogen) atoms. The number of nitrogens with zero attached hydrogens (tertiary/aromatic N) is 1. The number of halogens is 3. The molecule has 3 aromatic rings. The van der Waals surface area contributed by atoms with Gasteiger partial charge >= 0.3 is 6.18 Å². The molecule has 3 rings (SSSR count).